The van der Waals surface area contributed by atoms with Gasteiger partial charge in [0.25, 0.3) is 5.91 Å². The van der Waals surface area contributed by atoms with Crippen molar-refractivity contribution < 1.29 is 4.79 Å². The molecule has 0 spiro atoms. The first-order valence-corrected chi connectivity index (χ1v) is 8.72. The van der Waals surface area contributed by atoms with Crippen LogP contribution >= 0.6 is 0 Å². The zero-order valence-electron chi connectivity index (χ0n) is 14.4. The molecule has 0 radical (unpaired) electrons. The van der Waals surface area contributed by atoms with Crippen LogP contribution in [0.1, 0.15) is 55.3 Å². The number of rotatable bonds is 5. The third-order valence-electron chi connectivity index (χ3n) is 4.53. The molecule has 1 saturated heterocycles. The molecule has 1 atom stereocenters. The molecule has 1 aliphatic heterocycles. The summed E-state index contributed by atoms with van der Waals surface area (Å²) in [5, 5.41) is 7.14. The van der Waals surface area contributed by atoms with Gasteiger partial charge in [-0.25, -0.2) is 9.67 Å². The molecular weight excluding hydrogens is 302 g/mol. The van der Waals surface area contributed by atoms with E-state index in [2.05, 4.69) is 20.3 Å². The lowest BCUT2D eigenvalue weighted by Crippen LogP contribution is -2.30. The number of anilines is 1. The average Bonchev–Trinajstić information content (AvgIpc) is 3.11. The normalized spacial score (nSPS) is 16.0. The molecule has 2 heterocycles. The summed E-state index contributed by atoms with van der Waals surface area (Å²) in [7, 11) is 0. The highest BCUT2D eigenvalue weighted by Crippen LogP contribution is 2.20. The number of hydrogen-bond acceptors (Lipinski definition) is 4. The van der Waals surface area contributed by atoms with Crippen molar-refractivity contribution in [1.29, 1.82) is 0 Å². The zero-order valence-corrected chi connectivity index (χ0v) is 14.4. The Morgan fingerprint density at radius 2 is 1.92 bits per heavy atom. The third kappa shape index (κ3) is 3.58. The second kappa shape index (κ2) is 7.47. The molecule has 1 amide bonds. The Morgan fingerprint density at radius 3 is 2.58 bits per heavy atom. The molecule has 2 aromatic rings. The van der Waals surface area contributed by atoms with E-state index in [0.29, 0.717) is 5.56 Å². The van der Waals surface area contributed by atoms with Crippen LogP contribution in [0, 0.1) is 0 Å². The number of carbonyl (C=O) groups is 1. The molecule has 6 nitrogen and oxygen atoms in total. The molecule has 128 valence electrons. The molecule has 0 bridgehead atoms. The molecule has 0 aliphatic carbocycles. The van der Waals surface area contributed by atoms with Crippen molar-refractivity contribution >= 4 is 11.6 Å². The number of aryl methyl sites for hydroxylation is 1. The van der Waals surface area contributed by atoms with Gasteiger partial charge in [-0.05, 0) is 57.4 Å². The lowest BCUT2D eigenvalue weighted by atomic mass is 10.1. The Bertz CT molecular complexity index is 673. The van der Waals surface area contributed by atoms with Crippen LogP contribution in [0.3, 0.4) is 0 Å². The molecule has 3 rings (SSSR count). The maximum absolute atomic E-state index is 12.5. The summed E-state index contributed by atoms with van der Waals surface area (Å²) in [6.07, 6.45) is 5.34. The number of benzene rings is 1. The second-order valence-electron chi connectivity index (χ2n) is 6.22. The van der Waals surface area contributed by atoms with E-state index in [9.17, 15) is 4.79 Å². The summed E-state index contributed by atoms with van der Waals surface area (Å²) in [5.41, 5.74) is 1.87. The molecule has 6 heteroatoms. The largest absolute Gasteiger partial charge is 0.372 e. The van der Waals surface area contributed by atoms with Crippen molar-refractivity contribution in [2.24, 2.45) is 0 Å². The van der Waals surface area contributed by atoms with E-state index in [1.165, 1.54) is 31.3 Å². The summed E-state index contributed by atoms with van der Waals surface area (Å²) in [6, 6.07) is 7.70. The van der Waals surface area contributed by atoms with Crippen molar-refractivity contribution in [1.82, 2.24) is 20.1 Å². The molecule has 0 saturated carbocycles. The summed E-state index contributed by atoms with van der Waals surface area (Å²) in [5.74, 6) is 0.689. The van der Waals surface area contributed by atoms with Crippen LogP contribution in [0.4, 0.5) is 5.69 Å². The van der Waals surface area contributed by atoms with Crippen LogP contribution in [0.2, 0.25) is 0 Å². The molecule has 1 aromatic heterocycles. The van der Waals surface area contributed by atoms with Gasteiger partial charge in [0.05, 0.1) is 6.04 Å². The Kier molecular flexibility index (Phi) is 5.13. The first-order chi connectivity index (χ1) is 11.7. The zero-order chi connectivity index (χ0) is 16.9. The van der Waals surface area contributed by atoms with Gasteiger partial charge in [0, 0.05) is 30.9 Å². The van der Waals surface area contributed by atoms with E-state index in [1.54, 1.807) is 4.68 Å². The van der Waals surface area contributed by atoms with Crippen molar-refractivity contribution in [2.45, 2.75) is 45.7 Å². The van der Waals surface area contributed by atoms with Gasteiger partial charge in [0.15, 0.2) is 0 Å². The van der Waals surface area contributed by atoms with Gasteiger partial charge in [-0.1, -0.05) is 0 Å². The van der Waals surface area contributed by atoms with Crippen LogP contribution in [0.25, 0.3) is 0 Å². The Morgan fingerprint density at radius 1 is 1.21 bits per heavy atom. The Labute approximate surface area is 142 Å². The summed E-state index contributed by atoms with van der Waals surface area (Å²) in [4.78, 5) is 19.1. The quantitative estimate of drug-likeness (QED) is 0.917. The van der Waals surface area contributed by atoms with E-state index < -0.39 is 0 Å². The average molecular weight is 327 g/mol. The van der Waals surface area contributed by atoms with Gasteiger partial charge in [-0.3, -0.25) is 4.79 Å². The molecule has 1 unspecified atom stereocenters. The van der Waals surface area contributed by atoms with Crippen LogP contribution in [0.5, 0.6) is 0 Å². The maximum atomic E-state index is 12.5. The fourth-order valence-electron chi connectivity index (χ4n) is 3.17. The van der Waals surface area contributed by atoms with Crippen molar-refractivity contribution in [3.8, 4) is 0 Å². The highest BCUT2D eigenvalue weighted by Gasteiger charge is 2.17. The number of amides is 1. The van der Waals surface area contributed by atoms with Crippen LogP contribution < -0.4 is 10.2 Å². The highest BCUT2D eigenvalue weighted by molar-refractivity contribution is 5.94. The van der Waals surface area contributed by atoms with Gasteiger partial charge < -0.3 is 10.2 Å². The summed E-state index contributed by atoms with van der Waals surface area (Å²) in [6.45, 7) is 6.88. The number of piperidine rings is 1. The number of nitrogens with one attached hydrogen (secondary N) is 1. The Hall–Kier alpha value is -2.37. The van der Waals surface area contributed by atoms with Gasteiger partial charge >= 0.3 is 0 Å². The lowest BCUT2D eigenvalue weighted by Gasteiger charge is -2.28. The van der Waals surface area contributed by atoms with Crippen molar-refractivity contribution in [2.75, 3.05) is 18.0 Å². The van der Waals surface area contributed by atoms with Crippen molar-refractivity contribution in [3.63, 3.8) is 0 Å². The van der Waals surface area contributed by atoms with Gasteiger partial charge in [0.2, 0.25) is 0 Å². The molecule has 1 N–H and O–H groups in total. The summed E-state index contributed by atoms with van der Waals surface area (Å²) >= 11 is 0. The number of carbonyl (C=O) groups excluding carboxylic acids is 1. The van der Waals surface area contributed by atoms with E-state index in [-0.39, 0.29) is 11.9 Å². The van der Waals surface area contributed by atoms with Crippen molar-refractivity contribution in [3.05, 3.63) is 42.0 Å². The number of hydrogen-bond donors (Lipinski definition) is 1. The minimum Gasteiger partial charge on any atom is -0.372 e. The Balaban J connectivity index is 1.64. The summed E-state index contributed by atoms with van der Waals surface area (Å²) < 4.78 is 1.80. The van der Waals surface area contributed by atoms with E-state index in [0.717, 1.165) is 25.5 Å². The number of nitrogens with zero attached hydrogens (tertiary/aromatic N) is 4. The monoisotopic (exact) mass is 327 g/mol. The topological polar surface area (TPSA) is 63.1 Å². The van der Waals surface area contributed by atoms with Crippen LogP contribution in [-0.4, -0.2) is 33.8 Å². The molecular formula is C18H25N5O. The maximum Gasteiger partial charge on any atom is 0.251 e. The lowest BCUT2D eigenvalue weighted by molar-refractivity contribution is 0.0937. The SMILES string of the molecule is CCn1ncnc1C(C)NC(=O)c1ccc(N2CCCCC2)cc1. The molecule has 1 aliphatic rings. The van der Waals surface area contributed by atoms with E-state index >= 15 is 0 Å². The second-order valence-corrected chi connectivity index (χ2v) is 6.22. The molecule has 1 aromatic carbocycles. The van der Waals surface area contributed by atoms with Gasteiger partial charge in [-0.2, -0.15) is 5.10 Å². The minimum absolute atomic E-state index is 0.0849. The minimum atomic E-state index is -0.179. The van der Waals surface area contributed by atoms with Crippen LogP contribution in [0.15, 0.2) is 30.6 Å². The number of aromatic nitrogens is 3. The fourth-order valence-corrected chi connectivity index (χ4v) is 3.17. The molecule has 1 fully saturated rings. The first-order valence-electron chi connectivity index (χ1n) is 8.72. The highest BCUT2D eigenvalue weighted by atomic mass is 16.1. The van der Waals surface area contributed by atoms with E-state index in [4.69, 9.17) is 0 Å². The molecule has 24 heavy (non-hydrogen) atoms. The van der Waals surface area contributed by atoms with E-state index in [1.807, 2.05) is 38.1 Å². The first kappa shape index (κ1) is 16.5. The predicted molar refractivity (Wildman–Crippen MR) is 94.1 cm³/mol. The third-order valence-corrected chi connectivity index (χ3v) is 4.53. The smallest absolute Gasteiger partial charge is 0.251 e. The van der Waals surface area contributed by atoms with Gasteiger partial charge in [-0.15, -0.1) is 0 Å². The fraction of sp³-hybridized carbons (Fsp3) is 0.500. The van der Waals surface area contributed by atoms with Gasteiger partial charge in [0.1, 0.15) is 12.2 Å². The van der Waals surface area contributed by atoms with Crippen LogP contribution in [-0.2, 0) is 6.54 Å². The predicted octanol–water partition coefficient (Wildman–Crippen LogP) is 2.78. The standard InChI is InChI=1S/C18H25N5O/c1-3-23-17(19-13-20-23)14(2)21-18(24)15-7-9-16(10-8-15)22-11-5-4-6-12-22/h7-10,13-14H,3-6,11-12H2,1-2H3,(H,21,24).